The maximum atomic E-state index is 13.7. The lowest BCUT2D eigenvalue weighted by molar-refractivity contribution is 0.0662. The molecule has 10 heteroatoms. The van der Waals surface area contributed by atoms with Gasteiger partial charge in [-0.3, -0.25) is 9.59 Å². The molecule has 0 radical (unpaired) electrons. The van der Waals surface area contributed by atoms with E-state index in [1.165, 1.54) is 11.0 Å². The maximum absolute atomic E-state index is 13.7. The molecule has 2 aromatic carbocycles. The largest absolute Gasteiger partial charge is 0.490 e. The van der Waals surface area contributed by atoms with Crippen molar-refractivity contribution in [2.45, 2.75) is 38.8 Å². The topological polar surface area (TPSA) is 103 Å². The van der Waals surface area contributed by atoms with Crippen LogP contribution in [0.25, 0.3) is 11.0 Å². The van der Waals surface area contributed by atoms with Crippen molar-refractivity contribution in [2.75, 3.05) is 24.7 Å². The first-order valence-corrected chi connectivity index (χ1v) is 14.1. The molecule has 1 amide bonds. The average molecular weight is 532 g/mol. The van der Waals surface area contributed by atoms with Gasteiger partial charge < -0.3 is 18.8 Å². The molecule has 2 atom stereocenters. The Balaban J connectivity index is 1.71. The van der Waals surface area contributed by atoms with E-state index < -0.39 is 27.8 Å². The standard InChI is InChI=1S/C26H26ClNO7S/c1-3-10-34-20-7-5-15(12-21(20)33-4-2)23-22-24(29)18-13-16(27)6-8-19(18)35-25(22)26(30)28(23)17-9-11-36(31,32)14-17/h5-8,12-13,17,23H,3-4,9-11,14H2,1-2H3. The molecule has 5 rings (SSSR count). The highest BCUT2D eigenvalue weighted by molar-refractivity contribution is 7.91. The van der Waals surface area contributed by atoms with E-state index in [9.17, 15) is 18.0 Å². The SMILES string of the molecule is CCCOc1ccc(C2c3c(oc4ccc(Cl)cc4c3=O)C(=O)N2C2CCS(=O)(=O)C2)cc1OCC. The van der Waals surface area contributed by atoms with Crippen LogP contribution in [-0.2, 0) is 9.84 Å². The maximum Gasteiger partial charge on any atom is 0.291 e. The van der Waals surface area contributed by atoms with Crippen LogP contribution in [0.1, 0.15) is 54.4 Å². The summed E-state index contributed by atoms with van der Waals surface area (Å²) in [6.07, 6.45) is 1.10. The monoisotopic (exact) mass is 531 g/mol. The Morgan fingerprint density at radius 3 is 2.58 bits per heavy atom. The van der Waals surface area contributed by atoms with Gasteiger partial charge in [0.2, 0.25) is 5.76 Å². The van der Waals surface area contributed by atoms with Gasteiger partial charge in [0.1, 0.15) is 5.58 Å². The summed E-state index contributed by atoms with van der Waals surface area (Å²) in [5.74, 6) is 0.274. The van der Waals surface area contributed by atoms with Crippen LogP contribution in [0.15, 0.2) is 45.6 Å². The second kappa shape index (κ2) is 9.44. The van der Waals surface area contributed by atoms with Crippen molar-refractivity contribution in [2.24, 2.45) is 0 Å². The van der Waals surface area contributed by atoms with Crippen LogP contribution in [0, 0.1) is 0 Å². The zero-order chi connectivity index (χ0) is 25.6. The summed E-state index contributed by atoms with van der Waals surface area (Å²) >= 11 is 6.15. The number of sulfone groups is 1. The molecule has 2 unspecified atom stereocenters. The van der Waals surface area contributed by atoms with Crippen molar-refractivity contribution in [3.8, 4) is 11.5 Å². The molecule has 0 saturated carbocycles. The first kappa shape index (κ1) is 24.6. The molecule has 3 aromatic rings. The summed E-state index contributed by atoms with van der Waals surface area (Å²) in [5.41, 5.74) is 0.644. The van der Waals surface area contributed by atoms with Crippen LogP contribution >= 0.6 is 11.6 Å². The number of benzene rings is 2. The van der Waals surface area contributed by atoms with Crippen molar-refractivity contribution in [1.29, 1.82) is 0 Å². The van der Waals surface area contributed by atoms with Crippen LogP contribution in [0.5, 0.6) is 11.5 Å². The fourth-order valence-corrected chi connectivity index (χ4v) is 6.84. The Kier molecular flexibility index (Phi) is 6.46. The number of hydrogen-bond acceptors (Lipinski definition) is 7. The number of hydrogen-bond donors (Lipinski definition) is 0. The third kappa shape index (κ3) is 4.24. The summed E-state index contributed by atoms with van der Waals surface area (Å²) in [6, 6.07) is 8.50. The number of halogens is 1. The predicted molar refractivity (Wildman–Crippen MR) is 136 cm³/mol. The summed E-state index contributed by atoms with van der Waals surface area (Å²) in [6.45, 7) is 4.75. The molecule has 1 aromatic heterocycles. The van der Waals surface area contributed by atoms with E-state index >= 15 is 0 Å². The molecule has 2 aliphatic rings. The Hall–Kier alpha value is -3.04. The van der Waals surface area contributed by atoms with Gasteiger partial charge in [0.05, 0.1) is 41.7 Å². The van der Waals surface area contributed by atoms with E-state index in [0.717, 1.165) is 6.42 Å². The molecule has 0 aliphatic carbocycles. The minimum atomic E-state index is -3.30. The number of amides is 1. The lowest BCUT2D eigenvalue weighted by Gasteiger charge is -2.30. The van der Waals surface area contributed by atoms with Crippen molar-refractivity contribution in [1.82, 2.24) is 4.90 Å². The van der Waals surface area contributed by atoms with Crippen LogP contribution < -0.4 is 14.9 Å². The molecule has 8 nitrogen and oxygen atoms in total. The second-order valence-electron chi connectivity index (χ2n) is 8.97. The van der Waals surface area contributed by atoms with Gasteiger partial charge >= 0.3 is 0 Å². The lowest BCUT2D eigenvalue weighted by Crippen LogP contribution is -2.40. The average Bonchev–Trinajstić information content (AvgIpc) is 3.35. The Bertz CT molecular complexity index is 1510. The minimum absolute atomic E-state index is 0.0164. The zero-order valence-electron chi connectivity index (χ0n) is 20.0. The predicted octanol–water partition coefficient (Wildman–Crippen LogP) is 4.37. The van der Waals surface area contributed by atoms with E-state index in [1.807, 2.05) is 13.8 Å². The fourth-order valence-electron chi connectivity index (χ4n) is 4.96. The third-order valence-electron chi connectivity index (χ3n) is 6.51. The molecule has 0 spiro atoms. The van der Waals surface area contributed by atoms with Gasteiger partial charge in [0.25, 0.3) is 5.91 Å². The van der Waals surface area contributed by atoms with Crippen molar-refractivity contribution in [3.05, 3.63) is 68.5 Å². The van der Waals surface area contributed by atoms with E-state index in [2.05, 4.69) is 0 Å². The van der Waals surface area contributed by atoms with Crippen molar-refractivity contribution < 1.29 is 27.1 Å². The number of rotatable bonds is 7. The molecule has 1 fully saturated rings. The van der Waals surface area contributed by atoms with E-state index in [1.54, 1.807) is 30.3 Å². The van der Waals surface area contributed by atoms with Crippen LogP contribution in [0.4, 0.5) is 0 Å². The number of fused-ring (bicyclic) bond motifs is 2. The van der Waals surface area contributed by atoms with Gasteiger partial charge in [0, 0.05) is 11.1 Å². The Morgan fingerprint density at radius 1 is 1.08 bits per heavy atom. The molecular formula is C26H26ClNO7S. The van der Waals surface area contributed by atoms with Crippen LogP contribution in [0.2, 0.25) is 5.02 Å². The summed E-state index contributed by atoms with van der Waals surface area (Å²) in [7, 11) is -3.30. The normalized spacial score (nSPS) is 20.6. The molecule has 2 aliphatic heterocycles. The first-order valence-electron chi connectivity index (χ1n) is 11.9. The number of ether oxygens (including phenoxy) is 2. The molecular weight excluding hydrogens is 506 g/mol. The first-order chi connectivity index (χ1) is 17.2. The quantitative estimate of drug-likeness (QED) is 0.446. The molecule has 190 valence electrons. The summed E-state index contributed by atoms with van der Waals surface area (Å²) in [4.78, 5) is 28.9. The van der Waals surface area contributed by atoms with Crippen LogP contribution in [-0.4, -0.2) is 50.0 Å². The highest BCUT2D eigenvalue weighted by Crippen LogP contribution is 2.43. The van der Waals surface area contributed by atoms with Gasteiger partial charge in [0.15, 0.2) is 26.8 Å². The number of carbonyl (C=O) groups is 1. The highest BCUT2D eigenvalue weighted by Gasteiger charge is 2.48. The molecule has 3 heterocycles. The Morgan fingerprint density at radius 2 is 1.89 bits per heavy atom. The minimum Gasteiger partial charge on any atom is -0.490 e. The molecule has 0 bridgehead atoms. The smallest absolute Gasteiger partial charge is 0.291 e. The second-order valence-corrected chi connectivity index (χ2v) is 11.6. The van der Waals surface area contributed by atoms with E-state index in [-0.39, 0.29) is 45.6 Å². The summed E-state index contributed by atoms with van der Waals surface area (Å²) < 4.78 is 42.2. The van der Waals surface area contributed by atoms with E-state index in [0.29, 0.717) is 35.3 Å². The van der Waals surface area contributed by atoms with Gasteiger partial charge in [-0.25, -0.2) is 8.42 Å². The fraction of sp³-hybridized carbons (Fsp3) is 0.385. The summed E-state index contributed by atoms with van der Waals surface area (Å²) in [5, 5.41) is 0.623. The van der Waals surface area contributed by atoms with Gasteiger partial charge in [-0.1, -0.05) is 24.6 Å². The lowest BCUT2D eigenvalue weighted by atomic mass is 9.97. The van der Waals surface area contributed by atoms with Gasteiger partial charge in [-0.2, -0.15) is 0 Å². The molecule has 36 heavy (non-hydrogen) atoms. The third-order valence-corrected chi connectivity index (χ3v) is 8.50. The number of carbonyl (C=O) groups excluding carboxylic acids is 1. The molecule has 0 N–H and O–H groups in total. The highest BCUT2D eigenvalue weighted by atomic mass is 35.5. The van der Waals surface area contributed by atoms with Crippen molar-refractivity contribution in [3.63, 3.8) is 0 Å². The number of nitrogens with zero attached hydrogens (tertiary/aromatic N) is 1. The van der Waals surface area contributed by atoms with Crippen molar-refractivity contribution >= 4 is 38.3 Å². The Labute approximate surface area is 213 Å². The zero-order valence-corrected chi connectivity index (χ0v) is 21.5. The van der Waals surface area contributed by atoms with E-state index in [4.69, 9.17) is 25.5 Å². The van der Waals surface area contributed by atoms with Gasteiger partial charge in [-0.05, 0) is 55.7 Å². The molecule has 1 saturated heterocycles. The van der Waals surface area contributed by atoms with Crippen LogP contribution in [0.3, 0.4) is 0 Å². The van der Waals surface area contributed by atoms with Gasteiger partial charge in [-0.15, -0.1) is 0 Å².